The number of hydrogen-bond acceptors (Lipinski definition) is 7. The summed E-state index contributed by atoms with van der Waals surface area (Å²) in [6, 6.07) is 0.0601. The summed E-state index contributed by atoms with van der Waals surface area (Å²) >= 11 is 2.88. The third-order valence-electron chi connectivity index (χ3n) is 4.43. The van der Waals surface area contributed by atoms with Crippen LogP contribution in [0.3, 0.4) is 0 Å². The third-order valence-corrected chi connectivity index (χ3v) is 8.14. The number of aromatic nitrogens is 2. The van der Waals surface area contributed by atoms with E-state index in [4.69, 9.17) is 0 Å². The average molecular weight is 376 g/mol. The van der Waals surface area contributed by atoms with E-state index in [0.29, 0.717) is 12.2 Å². The molecule has 1 aliphatic heterocycles. The quantitative estimate of drug-likeness (QED) is 0.731. The molecular formula is C14H21N3O3S3. The van der Waals surface area contributed by atoms with Gasteiger partial charge in [0.05, 0.1) is 17.3 Å². The molecule has 9 heteroatoms. The molecule has 23 heavy (non-hydrogen) atoms. The number of thioether (sulfide) groups is 1. The van der Waals surface area contributed by atoms with Gasteiger partial charge in [-0.25, -0.2) is 8.42 Å². The topological polar surface area (TPSA) is 80.2 Å². The van der Waals surface area contributed by atoms with E-state index < -0.39 is 9.84 Å². The monoisotopic (exact) mass is 375 g/mol. The zero-order valence-electron chi connectivity index (χ0n) is 13.1. The average Bonchev–Trinajstić information content (AvgIpc) is 3.20. The molecule has 2 fully saturated rings. The first-order valence-corrected chi connectivity index (χ1v) is 11.5. The zero-order chi connectivity index (χ0) is 16.4. The Labute approximate surface area is 145 Å². The number of carbonyl (C=O) groups excluding carboxylic acids is 1. The molecule has 6 nitrogen and oxygen atoms in total. The molecule has 0 radical (unpaired) electrons. The number of hydrogen-bond donors (Lipinski definition) is 0. The van der Waals surface area contributed by atoms with Crippen molar-refractivity contribution in [3.63, 3.8) is 0 Å². The number of sulfone groups is 1. The van der Waals surface area contributed by atoms with Crippen LogP contribution in [0.25, 0.3) is 0 Å². The van der Waals surface area contributed by atoms with E-state index in [2.05, 4.69) is 10.2 Å². The Balaban J connectivity index is 1.68. The fourth-order valence-corrected chi connectivity index (χ4v) is 6.81. The SMILES string of the molecule is Cc1nnc(SCC(=O)N(C2CCCC2)[C@H]2CCS(=O)(=O)C2)s1. The lowest BCUT2D eigenvalue weighted by Gasteiger charge is -2.34. The van der Waals surface area contributed by atoms with Gasteiger partial charge < -0.3 is 4.90 Å². The smallest absolute Gasteiger partial charge is 0.233 e. The van der Waals surface area contributed by atoms with Crippen LogP contribution in [0.4, 0.5) is 0 Å². The Morgan fingerprint density at radius 3 is 2.57 bits per heavy atom. The maximum absolute atomic E-state index is 12.8. The molecule has 1 saturated heterocycles. The molecule has 1 aliphatic carbocycles. The second-order valence-electron chi connectivity index (χ2n) is 6.17. The molecule has 2 heterocycles. The standard InChI is InChI=1S/C14H21N3O3S3/c1-10-15-16-14(22-10)21-8-13(18)17(11-4-2-3-5-11)12-6-7-23(19,20)9-12/h11-12H,2-9H2,1H3/t12-/m0/s1. The van der Waals surface area contributed by atoms with Crippen LogP contribution in [0.15, 0.2) is 4.34 Å². The molecule has 0 aromatic carbocycles. The molecule has 1 aromatic rings. The molecule has 128 valence electrons. The minimum absolute atomic E-state index is 0.0388. The lowest BCUT2D eigenvalue weighted by Crippen LogP contribution is -2.47. The second-order valence-corrected chi connectivity index (χ2v) is 10.8. The van der Waals surface area contributed by atoms with E-state index in [9.17, 15) is 13.2 Å². The Morgan fingerprint density at radius 2 is 2.00 bits per heavy atom. The predicted octanol–water partition coefficient (Wildman–Crippen LogP) is 1.90. The number of amides is 1. The summed E-state index contributed by atoms with van der Waals surface area (Å²) < 4.78 is 24.4. The number of aryl methyl sites for hydroxylation is 1. The summed E-state index contributed by atoms with van der Waals surface area (Å²) in [6.45, 7) is 1.89. The van der Waals surface area contributed by atoms with E-state index in [1.807, 2.05) is 11.8 Å². The molecule has 2 aliphatic rings. The summed E-state index contributed by atoms with van der Waals surface area (Å²) in [4.78, 5) is 14.7. The summed E-state index contributed by atoms with van der Waals surface area (Å²) in [5.41, 5.74) is 0. The normalized spacial score (nSPS) is 24.1. The highest BCUT2D eigenvalue weighted by Gasteiger charge is 2.38. The van der Waals surface area contributed by atoms with E-state index in [1.165, 1.54) is 23.1 Å². The maximum atomic E-state index is 12.8. The summed E-state index contributed by atoms with van der Waals surface area (Å²) in [6.07, 6.45) is 4.80. The molecule has 0 bridgehead atoms. The van der Waals surface area contributed by atoms with Gasteiger partial charge in [-0.3, -0.25) is 4.79 Å². The fourth-order valence-electron chi connectivity index (χ4n) is 3.42. The minimum Gasteiger partial charge on any atom is -0.335 e. The Hall–Kier alpha value is -0.670. The van der Waals surface area contributed by atoms with Gasteiger partial charge in [-0.2, -0.15) is 0 Å². The van der Waals surface area contributed by atoms with E-state index in [1.54, 1.807) is 0 Å². The van der Waals surface area contributed by atoms with Crippen molar-refractivity contribution in [3.05, 3.63) is 5.01 Å². The van der Waals surface area contributed by atoms with Crippen LogP contribution >= 0.6 is 23.1 Å². The fraction of sp³-hybridized carbons (Fsp3) is 0.786. The van der Waals surface area contributed by atoms with Crippen molar-refractivity contribution in [3.8, 4) is 0 Å². The highest BCUT2D eigenvalue weighted by molar-refractivity contribution is 8.01. The molecule has 1 saturated carbocycles. The lowest BCUT2D eigenvalue weighted by atomic mass is 10.1. The maximum Gasteiger partial charge on any atom is 0.233 e. The van der Waals surface area contributed by atoms with Gasteiger partial charge in [0.1, 0.15) is 5.01 Å². The van der Waals surface area contributed by atoms with Gasteiger partial charge in [0.15, 0.2) is 14.2 Å². The van der Waals surface area contributed by atoms with Crippen molar-refractivity contribution in [1.29, 1.82) is 0 Å². The van der Waals surface area contributed by atoms with Gasteiger partial charge in [-0.05, 0) is 26.2 Å². The van der Waals surface area contributed by atoms with E-state index in [-0.39, 0.29) is 29.5 Å². The highest BCUT2D eigenvalue weighted by atomic mass is 32.2. The predicted molar refractivity (Wildman–Crippen MR) is 91.5 cm³/mol. The number of nitrogens with zero attached hydrogens (tertiary/aromatic N) is 3. The van der Waals surface area contributed by atoms with Crippen LogP contribution < -0.4 is 0 Å². The van der Waals surface area contributed by atoms with Gasteiger partial charge in [0.25, 0.3) is 0 Å². The first-order valence-electron chi connectivity index (χ1n) is 7.89. The van der Waals surface area contributed by atoms with Gasteiger partial charge in [0, 0.05) is 12.1 Å². The van der Waals surface area contributed by atoms with Crippen molar-refractivity contribution < 1.29 is 13.2 Å². The van der Waals surface area contributed by atoms with Gasteiger partial charge in [-0.1, -0.05) is 35.9 Å². The van der Waals surface area contributed by atoms with Gasteiger partial charge in [0.2, 0.25) is 5.91 Å². The minimum atomic E-state index is -2.99. The van der Waals surface area contributed by atoms with Crippen molar-refractivity contribution in [2.45, 2.75) is 55.5 Å². The lowest BCUT2D eigenvalue weighted by molar-refractivity contribution is -0.132. The van der Waals surface area contributed by atoms with Crippen molar-refractivity contribution in [1.82, 2.24) is 15.1 Å². The Bertz CT molecular complexity index is 668. The first kappa shape index (κ1) is 17.2. The van der Waals surface area contributed by atoms with Crippen molar-refractivity contribution >= 4 is 38.8 Å². The second kappa shape index (κ2) is 7.06. The molecular weight excluding hydrogens is 354 g/mol. The summed E-state index contributed by atoms with van der Waals surface area (Å²) in [5.74, 6) is 0.674. The highest BCUT2D eigenvalue weighted by Crippen LogP contribution is 2.30. The molecule has 1 aromatic heterocycles. The molecule has 1 amide bonds. The largest absolute Gasteiger partial charge is 0.335 e. The van der Waals surface area contributed by atoms with Crippen LogP contribution in [0, 0.1) is 6.92 Å². The molecule has 0 N–H and O–H groups in total. The molecule has 0 spiro atoms. The Kier molecular flexibility index (Phi) is 5.27. The summed E-state index contributed by atoms with van der Waals surface area (Å²) in [5, 5.41) is 8.87. The van der Waals surface area contributed by atoms with E-state index >= 15 is 0 Å². The third kappa shape index (κ3) is 4.24. The zero-order valence-corrected chi connectivity index (χ0v) is 15.6. The number of carbonyl (C=O) groups is 1. The Morgan fingerprint density at radius 1 is 1.26 bits per heavy atom. The van der Waals surface area contributed by atoms with E-state index in [0.717, 1.165) is 35.0 Å². The molecule has 3 rings (SSSR count). The van der Waals surface area contributed by atoms with Gasteiger partial charge >= 0.3 is 0 Å². The van der Waals surface area contributed by atoms with Gasteiger partial charge in [-0.15, -0.1) is 10.2 Å². The summed E-state index contributed by atoms with van der Waals surface area (Å²) in [7, 11) is -2.99. The van der Waals surface area contributed by atoms with Crippen molar-refractivity contribution in [2.24, 2.45) is 0 Å². The van der Waals surface area contributed by atoms with Crippen LogP contribution in [0.1, 0.15) is 37.1 Å². The van der Waals surface area contributed by atoms with Crippen LogP contribution in [0.2, 0.25) is 0 Å². The van der Waals surface area contributed by atoms with Crippen molar-refractivity contribution in [2.75, 3.05) is 17.3 Å². The van der Waals surface area contributed by atoms with Crippen LogP contribution in [-0.4, -0.2) is 58.8 Å². The number of rotatable bonds is 5. The van der Waals surface area contributed by atoms with Crippen LogP contribution in [0.5, 0.6) is 0 Å². The molecule has 0 unspecified atom stereocenters. The first-order chi connectivity index (χ1) is 10.9. The van der Waals surface area contributed by atoms with Crippen LogP contribution in [-0.2, 0) is 14.6 Å². The molecule has 1 atom stereocenters.